The molecular formula is C26H20ClFN4OS. The minimum Gasteiger partial charge on any atom is -0.351 e. The number of rotatable bonds is 5. The van der Waals surface area contributed by atoms with Crippen LogP contribution in [-0.2, 0) is 6.54 Å². The summed E-state index contributed by atoms with van der Waals surface area (Å²) < 4.78 is 19.5. The van der Waals surface area contributed by atoms with Crippen LogP contribution < -0.4 is 5.32 Å². The number of hydrogen-bond acceptors (Lipinski definition) is 4. The quantitative estimate of drug-likeness (QED) is 0.327. The van der Waals surface area contributed by atoms with Gasteiger partial charge in [0.25, 0.3) is 5.89 Å². The van der Waals surface area contributed by atoms with Crippen molar-refractivity contribution in [1.82, 2.24) is 20.4 Å². The second-order valence-corrected chi connectivity index (χ2v) is 8.70. The van der Waals surface area contributed by atoms with Crippen molar-refractivity contribution in [1.29, 1.82) is 0 Å². The van der Waals surface area contributed by atoms with Gasteiger partial charge in [0, 0.05) is 16.3 Å². The molecule has 0 spiro atoms. The molecule has 1 N–H and O–H groups in total. The Morgan fingerprint density at radius 1 is 1.06 bits per heavy atom. The summed E-state index contributed by atoms with van der Waals surface area (Å²) in [4.78, 5) is 6.59. The second kappa shape index (κ2) is 9.37. The molecular weight excluding hydrogens is 471 g/mol. The van der Waals surface area contributed by atoms with Crippen LogP contribution in [0.1, 0.15) is 30.0 Å². The molecule has 1 atom stereocenters. The number of halogens is 2. The Morgan fingerprint density at radius 2 is 1.82 bits per heavy atom. The lowest BCUT2D eigenvalue weighted by atomic mass is 9.94. The van der Waals surface area contributed by atoms with Gasteiger partial charge in [0.2, 0.25) is 5.82 Å². The lowest BCUT2D eigenvalue weighted by Crippen LogP contribution is -2.45. The maximum atomic E-state index is 13.8. The molecule has 0 aliphatic carbocycles. The largest absolute Gasteiger partial charge is 0.351 e. The molecule has 4 aromatic rings. The molecule has 0 fully saturated rings. The van der Waals surface area contributed by atoms with Gasteiger partial charge >= 0.3 is 0 Å². The third kappa shape index (κ3) is 4.32. The molecule has 1 aliphatic heterocycles. The van der Waals surface area contributed by atoms with Crippen molar-refractivity contribution in [2.24, 2.45) is 0 Å². The molecule has 1 aliphatic rings. The fourth-order valence-electron chi connectivity index (χ4n) is 4.02. The molecule has 0 radical (unpaired) electrons. The first-order valence-corrected chi connectivity index (χ1v) is 11.5. The molecule has 170 valence electrons. The first-order chi connectivity index (χ1) is 16.5. The first-order valence-electron chi connectivity index (χ1n) is 10.7. The van der Waals surface area contributed by atoms with Gasteiger partial charge in [-0.25, -0.2) is 4.39 Å². The van der Waals surface area contributed by atoms with Crippen LogP contribution in [0.3, 0.4) is 0 Å². The third-order valence-electron chi connectivity index (χ3n) is 5.75. The van der Waals surface area contributed by atoms with Crippen LogP contribution in [0.25, 0.3) is 17.0 Å². The third-order valence-corrected chi connectivity index (χ3v) is 6.46. The van der Waals surface area contributed by atoms with Gasteiger partial charge in [-0.15, -0.1) is 0 Å². The molecule has 34 heavy (non-hydrogen) atoms. The Kier molecular flexibility index (Phi) is 6.13. The molecule has 3 aromatic carbocycles. The van der Waals surface area contributed by atoms with E-state index >= 15 is 0 Å². The van der Waals surface area contributed by atoms with Crippen molar-refractivity contribution in [2.45, 2.75) is 19.5 Å². The fourth-order valence-corrected chi connectivity index (χ4v) is 4.53. The lowest BCUT2D eigenvalue weighted by molar-refractivity contribution is 0.396. The summed E-state index contributed by atoms with van der Waals surface area (Å²) in [5.41, 5.74) is 4.14. The number of nitrogens with zero attached hydrogens (tertiary/aromatic N) is 3. The Morgan fingerprint density at radius 3 is 2.59 bits per heavy atom. The normalized spacial score (nSPS) is 16.0. The predicted molar refractivity (Wildman–Crippen MR) is 134 cm³/mol. The first kappa shape index (κ1) is 22.3. The lowest BCUT2D eigenvalue weighted by Gasteiger charge is -2.37. The standard InChI is InChI=1S/C26H20ClFN4OS/c1-16-22(25-30-24(31-33-25)18-11-7-12-20(28)14-18)23(17-8-3-2-4-9-17)29-26(34)32(16)15-19-10-5-6-13-21(19)27/h2-14,23H,15H2,1H3,(H,29,34). The van der Waals surface area contributed by atoms with Gasteiger partial charge < -0.3 is 14.7 Å². The van der Waals surface area contributed by atoms with Crippen LogP contribution >= 0.6 is 23.8 Å². The van der Waals surface area contributed by atoms with Crippen LogP contribution in [-0.4, -0.2) is 20.2 Å². The highest BCUT2D eigenvalue weighted by molar-refractivity contribution is 7.80. The second-order valence-electron chi connectivity index (χ2n) is 7.90. The monoisotopic (exact) mass is 490 g/mol. The van der Waals surface area contributed by atoms with Crippen LogP contribution in [0, 0.1) is 5.82 Å². The molecule has 5 nitrogen and oxygen atoms in total. The molecule has 0 saturated heterocycles. The molecule has 0 amide bonds. The van der Waals surface area contributed by atoms with Gasteiger partial charge in [-0.2, -0.15) is 4.98 Å². The van der Waals surface area contributed by atoms with E-state index in [2.05, 4.69) is 15.5 Å². The highest BCUT2D eigenvalue weighted by Gasteiger charge is 2.34. The van der Waals surface area contributed by atoms with Crippen molar-refractivity contribution in [3.8, 4) is 11.4 Å². The highest BCUT2D eigenvalue weighted by atomic mass is 35.5. The minimum absolute atomic E-state index is 0.294. The zero-order chi connectivity index (χ0) is 23.7. The Labute approximate surface area is 206 Å². The summed E-state index contributed by atoms with van der Waals surface area (Å²) in [6, 6.07) is 23.4. The van der Waals surface area contributed by atoms with E-state index in [1.54, 1.807) is 12.1 Å². The summed E-state index contributed by atoms with van der Waals surface area (Å²) in [7, 11) is 0. The molecule has 2 heterocycles. The topological polar surface area (TPSA) is 54.2 Å². The smallest absolute Gasteiger partial charge is 0.258 e. The maximum absolute atomic E-state index is 13.8. The van der Waals surface area contributed by atoms with E-state index in [9.17, 15) is 4.39 Å². The summed E-state index contributed by atoms with van der Waals surface area (Å²) in [6.45, 7) is 2.45. The Bertz CT molecular complexity index is 1390. The van der Waals surface area contributed by atoms with Gasteiger partial charge in [-0.3, -0.25) is 0 Å². The summed E-state index contributed by atoms with van der Waals surface area (Å²) in [5, 5.41) is 8.78. The number of allylic oxidation sites excluding steroid dienone is 1. The molecule has 5 rings (SSSR count). The van der Waals surface area contributed by atoms with E-state index in [1.165, 1.54) is 12.1 Å². The Hall–Kier alpha value is -3.55. The average molecular weight is 491 g/mol. The Balaban J connectivity index is 1.61. The van der Waals surface area contributed by atoms with E-state index in [0.717, 1.165) is 22.4 Å². The van der Waals surface area contributed by atoms with Crippen molar-refractivity contribution >= 4 is 34.5 Å². The van der Waals surface area contributed by atoms with Gasteiger partial charge in [0.1, 0.15) is 5.82 Å². The van der Waals surface area contributed by atoms with E-state index in [1.807, 2.05) is 66.4 Å². The zero-order valence-electron chi connectivity index (χ0n) is 18.2. The van der Waals surface area contributed by atoms with E-state index in [0.29, 0.717) is 34.0 Å². The van der Waals surface area contributed by atoms with Gasteiger partial charge in [0.05, 0.1) is 18.2 Å². The van der Waals surface area contributed by atoms with Gasteiger partial charge in [0.15, 0.2) is 5.11 Å². The van der Waals surface area contributed by atoms with Crippen LogP contribution in [0.2, 0.25) is 5.02 Å². The maximum Gasteiger partial charge on any atom is 0.258 e. The van der Waals surface area contributed by atoms with Crippen molar-refractivity contribution in [2.75, 3.05) is 0 Å². The molecule has 0 saturated carbocycles. The van der Waals surface area contributed by atoms with E-state index < -0.39 is 0 Å². The number of hydrogen-bond donors (Lipinski definition) is 1. The molecule has 8 heteroatoms. The molecule has 0 bridgehead atoms. The van der Waals surface area contributed by atoms with E-state index in [-0.39, 0.29) is 11.9 Å². The minimum atomic E-state index is -0.364. The van der Waals surface area contributed by atoms with Gasteiger partial charge in [-0.1, -0.05) is 77.4 Å². The predicted octanol–water partition coefficient (Wildman–Crippen LogP) is 6.39. The zero-order valence-corrected chi connectivity index (χ0v) is 19.8. The number of benzene rings is 3. The van der Waals surface area contributed by atoms with Crippen LogP contribution in [0.15, 0.2) is 89.1 Å². The summed E-state index contributed by atoms with van der Waals surface area (Å²) in [5.74, 6) is 0.286. The summed E-state index contributed by atoms with van der Waals surface area (Å²) in [6.07, 6.45) is 0. The summed E-state index contributed by atoms with van der Waals surface area (Å²) >= 11 is 12.2. The van der Waals surface area contributed by atoms with Gasteiger partial charge in [-0.05, 0) is 48.5 Å². The average Bonchev–Trinajstić information content (AvgIpc) is 3.33. The fraction of sp³-hybridized carbons (Fsp3) is 0.115. The number of thiocarbonyl (C=S) groups is 1. The van der Waals surface area contributed by atoms with Crippen molar-refractivity contribution < 1.29 is 8.91 Å². The number of nitrogens with one attached hydrogen (secondary N) is 1. The van der Waals surface area contributed by atoms with Crippen LogP contribution in [0.4, 0.5) is 4.39 Å². The number of aromatic nitrogens is 2. The van der Waals surface area contributed by atoms with E-state index in [4.69, 9.17) is 28.3 Å². The molecule has 1 unspecified atom stereocenters. The molecule has 1 aromatic heterocycles. The van der Waals surface area contributed by atoms with Crippen molar-refractivity contribution in [3.05, 3.63) is 112 Å². The highest BCUT2D eigenvalue weighted by Crippen LogP contribution is 2.38. The van der Waals surface area contributed by atoms with Crippen LogP contribution in [0.5, 0.6) is 0 Å². The SMILES string of the molecule is CC1=C(c2nc(-c3cccc(F)c3)no2)C(c2ccccc2)NC(=S)N1Cc1ccccc1Cl. The van der Waals surface area contributed by atoms with Crippen molar-refractivity contribution in [3.63, 3.8) is 0 Å².